The molecule has 0 saturated carbocycles. The molecule has 0 atom stereocenters. The minimum absolute atomic E-state index is 0.00230. The number of aromatic hydroxyl groups is 1. The molecule has 0 aliphatic rings. The molecule has 126 valence electrons. The largest absolute Gasteiger partial charge is 0.507 e. The number of hydrogen-bond acceptors (Lipinski definition) is 6. The number of ether oxygens (including phenoxy) is 2. The monoisotopic (exact) mass is 352 g/mol. The zero-order valence-electron chi connectivity index (χ0n) is 12.7. The molecule has 8 nitrogen and oxygen atoms in total. The van der Waals surface area contributed by atoms with Gasteiger partial charge in [-0.1, -0.05) is 11.6 Å². The SMILES string of the molecule is COc1cc(O)c(C(=O)Nc2ccc([N+](=O)[O-])cc2Cl)cc1OC. The molecule has 0 aromatic heterocycles. The summed E-state index contributed by atoms with van der Waals surface area (Å²) in [6, 6.07) is 6.17. The zero-order valence-corrected chi connectivity index (χ0v) is 13.5. The van der Waals surface area contributed by atoms with Gasteiger partial charge in [0, 0.05) is 24.3 Å². The summed E-state index contributed by atoms with van der Waals surface area (Å²) in [5, 5.41) is 23.1. The van der Waals surface area contributed by atoms with E-state index in [1.54, 1.807) is 0 Å². The minimum Gasteiger partial charge on any atom is -0.507 e. The van der Waals surface area contributed by atoms with Crippen molar-refractivity contribution in [2.45, 2.75) is 0 Å². The van der Waals surface area contributed by atoms with E-state index in [4.69, 9.17) is 21.1 Å². The summed E-state index contributed by atoms with van der Waals surface area (Å²) in [5.41, 5.74) is -0.101. The number of carbonyl (C=O) groups excluding carboxylic acids is 1. The molecule has 0 aliphatic carbocycles. The van der Waals surface area contributed by atoms with Gasteiger partial charge in [-0.15, -0.1) is 0 Å². The van der Waals surface area contributed by atoms with Gasteiger partial charge in [-0.05, 0) is 6.07 Å². The van der Waals surface area contributed by atoms with Crippen LogP contribution in [0.1, 0.15) is 10.4 Å². The number of non-ortho nitro benzene ring substituents is 1. The Morgan fingerprint density at radius 1 is 1.21 bits per heavy atom. The van der Waals surface area contributed by atoms with Crippen molar-refractivity contribution in [1.29, 1.82) is 0 Å². The Balaban J connectivity index is 2.32. The maximum atomic E-state index is 12.3. The topological polar surface area (TPSA) is 111 Å². The molecule has 0 unspecified atom stereocenters. The van der Waals surface area contributed by atoms with Gasteiger partial charge in [0.05, 0.1) is 35.4 Å². The third kappa shape index (κ3) is 3.49. The van der Waals surface area contributed by atoms with Gasteiger partial charge in [-0.2, -0.15) is 0 Å². The predicted octanol–water partition coefficient (Wildman–Crippen LogP) is 3.22. The van der Waals surface area contributed by atoms with Crippen LogP contribution in [0.4, 0.5) is 11.4 Å². The maximum absolute atomic E-state index is 12.3. The Morgan fingerprint density at radius 3 is 2.38 bits per heavy atom. The Morgan fingerprint density at radius 2 is 1.83 bits per heavy atom. The van der Waals surface area contributed by atoms with Gasteiger partial charge in [-0.3, -0.25) is 14.9 Å². The quantitative estimate of drug-likeness (QED) is 0.631. The first kappa shape index (κ1) is 17.4. The molecule has 0 bridgehead atoms. The molecular weight excluding hydrogens is 340 g/mol. The van der Waals surface area contributed by atoms with Gasteiger partial charge >= 0.3 is 0 Å². The van der Waals surface area contributed by atoms with Crippen molar-refractivity contribution in [3.63, 3.8) is 0 Å². The molecule has 2 aromatic carbocycles. The van der Waals surface area contributed by atoms with Crippen molar-refractivity contribution in [2.24, 2.45) is 0 Å². The molecule has 0 spiro atoms. The van der Waals surface area contributed by atoms with E-state index in [9.17, 15) is 20.0 Å². The number of nitrogens with one attached hydrogen (secondary N) is 1. The molecule has 9 heteroatoms. The number of rotatable bonds is 5. The number of nitro groups is 1. The number of nitro benzene ring substituents is 1. The maximum Gasteiger partial charge on any atom is 0.271 e. The number of hydrogen-bond donors (Lipinski definition) is 2. The fourth-order valence-corrected chi connectivity index (χ4v) is 2.18. The second-order valence-corrected chi connectivity index (χ2v) is 5.01. The van der Waals surface area contributed by atoms with Crippen molar-refractivity contribution in [1.82, 2.24) is 0 Å². The number of amides is 1. The third-order valence-electron chi connectivity index (χ3n) is 3.16. The highest BCUT2D eigenvalue weighted by Gasteiger charge is 2.18. The smallest absolute Gasteiger partial charge is 0.271 e. The Kier molecular flexibility index (Phi) is 5.10. The third-order valence-corrected chi connectivity index (χ3v) is 3.47. The molecule has 1 amide bonds. The number of methoxy groups -OCH3 is 2. The predicted molar refractivity (Wildman–Crippen MR) is 87.3 cm³/mol. The highest BCUT2D eigenvalue weighted by atomic mass is 35.5. The number of phenols is 1. The van der Waals surface area contributed by atoms with Gasteiger partial charge in [0.25, 0.3) is 11.6 Å². The number of phenolic OH excluding ortho intramolecular Hbond substituents is 1. The lowest BCUT2D eigenvalue weighted by atomic mass is 10.1. The van der Waals surface area contributed by atoms with Crippen LogP contribution in [0, 0.1) is 10.1 Å². The normalized spacial score (nSPS) is 10.1. The highest BCUT2D eigenvalue weighted by Crippen LogP contribution is 2.35. The van der Waals surface area contributed by atoms with E-state index in [1.807, 2.05) is 0 Å². The average molecular weight is 353 g/mol. The second kappa shape index (κ2) is 7.05. The fourth-order valence-electron chi connectivity index (χ4n) is 1.96. The number of carbonyl (C=O) groups is 1. The second-order valence-electron chi connectivity index (χ2n) is 4.60. The van der Waals surface area contributed by atoms with Crippen molar-refractivity contribution in [3.8, 4) is 17.2 Å². The van der Waals surface area contributed by atoms with Crippen molar-refractivity contribution in [3.05, 3.63) is 51.0 Å². The summed E-state index contributed by atoms with van der Waals surface area (Å²) < 4.78 is 10.1. The summed E-state index contributed by atoms with van der Waals surface area (Å²) in [4.78, 5) is 22.4. The van der Waals surface area contributed by atoms with E-state index >= 15 is 0 Å². The molecule has 0 fully saturated rings. The molecule has 0 radical (unpaired) electrons. The van der Waals surface area contributed by atoms with Gasteiger partial charge in [-0.25, -0.2) is 0 Å². The van der Waals surface area contributed by atoms with E-state index < -0.39 is 10.8 Å². The minimum atomic E-state index is -0.663. The first-order valence-electron chi connectivity index (χ1n) is 6.57. The molecular formula is C15H13ClN2O6. The average Bonchev–Trinajstić information content (AvgIpc) is 2.55. The van der Waals surface area contributed by atoms with E-state index in [-0.39, 0.29) is 39.2 Å². The van der Waals surface area contributed by atoms with Gasteiger partial charge in [0.15, 0.2) is 11.5 Å². The van der Waals surface area contributed by atoms with Crippen molar-refractivity contribution in [2.75, 3.05) is 19.5 Å². The van der Waals surface area contributed by atoms with Crippen LogP contribution in [-0.4, -0.2) is 30.2 Å². The Labute approximate surface area is 141 Å². The van der Waals surface area contributed by atoms with E-state index in [0.29, 0.717) is 0 Å². The Bertz CT molecular complexity index is 809. The summed E-state index contributed by atoms with van der Waals surface area (Å²) in [6.07, 6.45) is 0. The standard InChI is InChI=1S/C15H13ClN2O6/c1-23-13-6-9(12(19)7-14(13)24-2)15(20)17-11-4-3-8(18(21)22)5-10(11)16/h3-7,19H,1-2H3,(H,17,20). The number of anilines is 1. The van der Waals surface area contributed by atoms with Crippen LogP contribution in [0.2, 0.25) is 5.02 Å². The zero-order chi connectivity index (χ0) is 17.9. The lowest BCUT2D eigenvalue weighted by Gasteiger charge is -2.12. The lowest BCUT2D eigenvalue weighted by molar-refractivity contribution is -0.384. The van der Waals surface area contributed by atoms with E-state index in [0.717, 1.165) is 6.07 Å². The highest BCUT2D eigenvalue weighted by molar-refractivity contribution is 6.34. The summed E-state index contributed by atoms with van der Waals surface area (Å²) in [5.74, 6) is -0.456. The van der Waals surface area contributed by atoms with Crippen LogP contribution in [0.25, 0.3) is 0 Å². The van der Waals surface area contributed by atoms with Gasteiger partial charge < -0.3 is 19.9 Å². The fraction of sp³-hybridized carbons (Fsp3) is 0.133. The first-order chi connectivity index (χ1) is 11.4. The van der Waals surface area contributed by atoms with Gasteiger partial charge in [0.2, 0.25) is 0 Å². The molecule has 0 aliphatic heterocycles. The molecule has 24 heavy (non-hydrogen) atoms. The first-order valence-corrected chi connectivity index (χ1v) is 6.95. The van der Waals surface area contributed by atoms with Crippen LogP contribution in [0.3, 0.4) is 0 Å². The molecule has 2 rings (SSSR count). The van der Waals surface area contributed by atoms with Crippen molar-refractivity contribution >= 4 is 28.9 Å². The number of benzene rings is 2. The molecule has 0 heterocycles. The Hall–Kier alpha value is -3.00. The van der Waals surface area contributed by atoms with E-state index in [1.165, 1.54) is 38.5 Å². The van der Waals surface area contributed by atoms with Gasteiger partial charge in [0.1, 0.15) is 5.75 Å². The summed E-state index contributed by atoms with van der Waals surface area (Å²) in [7, 11) is 2.79. The van der Waals surface area contributed by atoms with Crippen molar-refractivity contribution < 1.29 is 24.3 Å². The molecule has 0 saturated heterocycles. The lowest BCUT2D eigenvalue weighted by Crippen LogP contribution is -2.13. The van der Waals surface area contributed by atoms with E-state index in [2.05, 4.69) is 5.32 Å². The number of nitrogens with zero attached hydrogens (tertiary/aromatic N) is 1. The van der Waals surface area contributed by atoms with Crippen LogP contribution < -0.4 is 14.8 Å². The molecule has 2 N–H and O–H groups in total. The van der Waals surface area contributed by atoms with Crippen LogP contribution in [0.5, 0.6) is 17.2 Å². The van der Waals surface area contributed by atoms with Crippen LogP contribution in [-0.2, 0) is 0 Å². The van der Waals surface area contributed by atoms with Crippen LogP contribution >= 0.6 is 11.6 Å². The summed E-state index contributed by atoms with van der Waals surface area (Å²) in [6.45, 7) is 0. The van der Waals surface area contributed by atoms with Crippen LogP contribution in [0.15, 0.2) is 30.3 Å². The summed E-state index contributed by atoms with van der Waals surface area (Å²) >= 11 is 5.92. The molecule has 2 aromatic rings. The number of halogens is 1.